The van der Waals surface area contributed by atoms with Gasteiger partial charge >= 0.3 is 6.09 Å². The van der Waals surface area contributed by atoms with Gasteiger partial charge in [0.2, 0.25) is 12.7 Å². The summed E-state index contributed by atoms with van der Waals surface area (Å²) >= 11 is 0. The number of imide groups is 1. The van der Waals surface area contributed by atoms with Gasteiger partial charge in [-0.3, -0.25) is 4.79 Å². The molecule has 0 N–H and O–H groups in total. The van der Waals surface area contributed by atoms with E-state index in [2.05, 4.69) is 10.8 Å². The van der Waals surface area contributed by atoms with Gasteiger partial charge in [-0.15, -0.1) is 0 Å². The molecule has 2 amide bonds. The molecule has 2 aliphatic heterocycles. The Kier molecular flexibility index (Phi) is 4.78. The molecule has 5 rings (SSSR count). The maximum Gasteiger partial charge on any atom is 0.417 e. The Morgan fingerprint density at radius 3 is 2.76 bits per heavy atom. The monoisotopic (exact) mass is 450 g/mol. The molecule has 0 aliphatic carbocycles. The van der Waals surface area contributed by atoms with E-state index >= 15 is 0 Å². The van der Waals surface area contributed by atoms with E-state index in [9.17, 15) is 9.59 Å². The molecule has 33 heavy (non-hydrogen) atoms. The summed E-state index contributed by atoms with van der Waals surface area (Å²) in [5, 5.41) is 1.06. The van der Waals surface area contributed by atoms with Crippen LogP contribution in [0.15, 0.2) is 42.6 Å². The zero-order chi connectivity index (χ0) is 24.3. The second-order valence-corrected chi connectivity index (χ2v) is 9.53. The third-order valence-corrected chi connectivity index (χ3v) is 5.92. The Morgan fingerprint density at radius 1 is 1.18 bits per heavy atom. The lowest BCUT2D eigenvalue weighted by molar-refractivity contribution is -0.128. The Bertz CT molecular complexity index is 1310. The SMILES string of the molecule is [3H]C1(c2ccc3c(C)cn(Cc4ccc5c(c4)OCO5)c3c2)CCN(C(=O)OC(C)(C)C)C1=O. The summed E-state index contributed by atoms with van der Waals surface area (Å²) in [5.41, 5.74) is 2.95. The Labute approximate surface area is 194 Å². The minimum Gasteiger partial charge on any atom is -0.454 e. The van der Waals surface area contributed by atoms with Gasteiger partial charge in [-0.1, -0.05) is 18.2 Å². The van der Waals surface area contributed by atoms with E-state index in [4.69, 9.17) is 15.6 Å². The van der Waals surface area contributed by atoms with Gasteiger partial charge in [0.25, 0.3) is 0 Å². The van der Waals surface area contributed by atoms with E-state index < -0.39 is 23.5 Å². The minimum atomic E-state index is -1.53. The molecule has 1 fully saturated rings. The van der Waals surface area contributed by atoms with Crippen LogP contribution in [0.4, 0.5) is 4.79 Å². The van der Waals surface area contributed by atoms with Crippen LogP contribution in [0, 0.1) is 6.92 Å². The van der Waals surface area contributed by atoms with Crippen molar-refractivity contribution in [2.75, 3.05) is 13.3 Å². The molecule has 1 unspecified atom stereocenters. The number of aromatic nitrogens is 1. The summed E-state index contributed by atoms with van der Waals surface area (Å²) in [6, 6.07) is 11.6. The highest BCUT2D eigenvalue weighted by Gasteiger charge is 2.38. The number of hydrogen-bond donors (Lipinski definition) is 0. The summed E-state index contributed by atoms with van der Waals surface area (Å²) < 4.78 is 27.4. The van der Waals surface area contributed by atoms with Crippen molar-refractivity contribution in [3.63, 3.8) is 0 Å². The highest BCUT2D eigenvalue weighted by molar-refractivity contribution is 5.98. The van der Waals surface area contributed by atoms with E-state index in [1.54, 1.807) is 20.8 Å². The Balaban J connectivity index is 1.46. The number of aryl methyl sites for hydroxylation is 1. The third-order valence-electron chi connectivity index (χ3n) is 5.92. The Hall–Kier alpha value is -3.48. The van der Waals surface area contributed by atoms with Gasteiger partial charge in [0.15, 0.2) is 11.5 Å². The molecule has 3 aromatic rings. The fourth-order valence-electron chi connectivity index (χ4n) is 4.38. The topological polar surface area (TPSA) is 70.0 Å². The van der Waals surface area contributed by atoms with E-state index in [1.165, 1.54) is 0 Å². The first kappa shape index (κ1) is 20.1. The summed E-state index contributed by atoms with van der Waals surface area (Å²) in [6.07, 6.45) is 1.59. The zero-order valence-electron chi connectivity index (χ0n) is 20.3. The first-order chi connectivity index (χ1) is 16.0. The molecule has 1 saturated heterocycles. The van der Waals surface area contributed by atoms with Crippen molar-refractivity contribution < 1.29 is 25.2 Å². The van der Waals surface area contributed by atoms with E-state index in [1.807, 2.05) is 43.3 Å². The van der Waals surface area contributed by atoms with Gasteiger partial charge in [0, 0.05) is 31.6 Å². The number of carbonyl (C=O) groups is 2. The second-order valence-electron chi connectivity index (χ2n) is 9.53. The van der Waals surface area contributed by atoms with Crippen LogP contribution in [0.25, 0.3) is 10.9 Å². The predicted octanol–water partition coefficient (Wildman–Crippen LogP) is 4.98. The average Bonchev–Trinajstić information content (AvgIpc) is 3.44. The quantitative estimate of drug-likeness (QED) is 0.563. The van der Waals surface area contributed by atoms with Crippen molar-refractivity contribution in [1.82, 2.24) is 9.47 Å². The maximum atomic E-state index is 13.2. The summed E-state index contributed by atoms with van der Waals surface area (Å²) in [4.78, 5) is 26.8. The molecule has 0 bridgehead atoms. The van der Waals surface area contributed by atoms with Gasteiger partial charge in [0.05, 0.1) is 5.89 Å². The fraction of sp³-hybridized carbons (Fsp3) is 0.385. The van der Waals surface area contributed by atoms with Crippen molar-refractivity contribution >= 4 is 22.9 Å². The first-order valence-corrected chi connectivity index (χ1v) is 11.1. The second kappa shape index (κ2) is 7.83. The Morgan fingerprint density at radius 2 is 1.97 bits per heavy atom. The van der Waals surface area contributed by atoms with Gasteiger partial charge < -0.3 is 18.8 Å². The largest absolute Gasteiger partial charge is 0.454 e. The van der Waals surface area contributed by atoms with Gasteiger partial charge in [-0.25, -0.2) is 9.69 Å². The van der Waals surface area contributed by atoms with Crippen molar-refractivity contribution in [2.24, 2.45) is 0 Å². The smallest absolute Gasteiger partial charge is 0.417 e. The van der Waals surface area contributed by atoms with E-state index in [0.717, 1.165) is 38.4 Å². The average molecular weight is 451 g/mol. The molecule has 0 saturated carbocycles. The van der Waals surface area contributed by atoms with Crippen LogP contribution in [0.3, 0.4) is 0 Å². The normalized spacial score (nSPS) is 20.4. The molecule has 1 aromatic heterocycles. The number of benzene rings is 2. The molecule has 7 heteroatoms. The van der Waals surface area contributed by atoms with Crippen molar-refractivity contribution in [3.05, 3.63) is 59.3 Å². The van der Waals surface area contributed by atoms with Gasteiger partial charge in [-0.2, -0.15) is 0 Å². The van der Waals surface area contributed by atoms with Crippen LogP contribution >= 0.6 is 0 Å². The highest BCUT2D eigenvalue weighted by Crippen LogP contribution is 2.35. The third kappa shape index (κ3) is 4.03. The highest BCUT2D eigenvalue weighted by atomic mass is 16.7. The molecule has 0 spiro atoms. The number of likely N-dealkylation sites (tertiary alicyclic amines) is 1. The van der Waals surface area contributed by atoms with Crippen LogP contribution in [-0.2, 0) is 16.1 Å². The molecular formula is C26H28N2O5. The predicted molar refractivity (Wildman–Crippen MR) is 124 cm³/mol. The zero-order valence-corrected chi connectivity index (χ0v) is 19.3. The van der Waals surface area contributed by atoms with Crippen LogP contribution in [0.2, 0.25) is 0 Å². The lowest BCUT2D eigenvalue weighted by Gasteiger charge is -2.23. The summed E-state index contributed by atoms with van der Waals surface area (Å²) in [6.45, 7) is 8.30. The molecule has 3 heterocycles. The molecule has 1 atom stereocenters. The summed E-state index contributed by atoms with van der Waals surface area (Å²) in [7, 11) is 0. The first-order valence-electron chi connectivity index (χ1n) is 11.6. The number of amides is 2. The minimum absolute atomic E-state index is 0.159. The van der Waals surface area contributed by atoms with Crippen molar-refractivity contribution in [3.8, 4) is 11.5 Å². The standard InChI is InChI=1S/C26H28N2O5/c1-16-13-27(14-17-5-8-22-23(11-17)32-15-31-22)21-12-18(6-7-19(16)21)20-9-10-28(24(20)29)25(30)33-26(2,3)4/h5-8,11-13,20H,9-10,14-15H2,1-4H3/i20T. The van der Waals surface area contributed by atoms with Crippen LogP contribution in [0.5, 0.6) is 11.5 Å². The molecule has 2 aromatic carbocycles. The number of hydrogen-bond acceptors (Lipinski definition) is 5. The molecule has 172 valence electrons. The summed E-state index contributed by atoms with van der Waals surface area (Å²) in [5.74, 6) is -0.612. The molecule has 2 aliphatic rings. The number of fused-ring (bicyclic) bond motifs is 2. The van der Waals surface area contributed by atoms with Crippen LogP contribution < -0.4 is 9.47 Å². The van der Waals surface area contributed by atoms with Crippen LogP contribution in [0.1, 0.15) is 51.1 Å². The van der Waals surface area contributed by atoms with Crippen molar-refractivity contribution in [2.45, 2.75) is 52.2 Å². The fourth-order valence-corrected chi connectivity index (χ4v) is 4.38. The van der Waals surface area contributed by atoms with Crippen molar-refractivity contribution in [1.29, 1.82) is 0 Å². The van der Waals surface area contributed by atoms with E-state index in [0.29, 0.717) is 12.1 Å². The number of rotatable bonds is 3. The van der Waals surface area contributed by atoms with Crippen LogP contribution in [-0.4, -0.2) is 40.4 Å². The molecular weight excluding hydrogens is 420 g/mol. The lowest BCUT2D eigenvalue weighted by Crippen LogP contribution is -2.38. The van der Waals surface area contributed by atoms with Gasteiger partial charge in [0.1, 0.15) is 5.60 Å². The number of carbonyl (C=O) groups excluding carboxylic acids is 2. The lowest BCUT2D eigenvalue weighted by atomic mass is 9.96. The molecule has 0 radical (unpaired) electrons. The number of nitrogens with zero attached hydrogens (tertiary/aromatic N) is 2. The number of ether oxygens (including phenoxy) is 3. The van der Waals surface area contributed by atoms with E-state index in [-0.39, 0.29) is 19.8 Å². The van der Waals surface area contributed by atoms with Gasteiger partial charge in [-0.05, 0) is 69.0 Å². The molecule has 7 nitrogen and oxygen atoms in total. The maximum absolute atomic E-state index is 13.2.